The third kappa shape index (κ3) is 0.859. The average molecular weight is 140 g/mol. The van der Waals surface area contributed by atoms with Crippen molar-refractivity contribution in [1.29, 1.82) is 0 Å². The summed E-state index contributed by atoms with van der Waals surface area (Å²) in [7, 11) is 0. The lowest BCUT2D eigenvalue weighted by atomic mass is 9.94. The molecule has 0 radical (unpaired) electrons. The maximum atomic E-state index is 11.1. The second kappa shape index (κ2) is 2.32. The lowest BCUT2D eigenvalue weighted by Gasteiger charge is -2.24. The fourth-order valence-corrected chi connectivity index (χ4v) is 1.80. The van der Waals surface area contributed by atoms with Gasteiger partial charge in [0.2, 0.25) is 0 Å². The van der Waals surface area contributed by atoms with Gasteiger partial charge in [-0.3, -0.25) is 4.79 Å². The van der Waals surface area contributed by atoms with E-state index in [9.17, 15) is 4.79 Å². The van der Waals surface area contributed by atoms with Crippen LogP contribution in [0.2, 0.25) is 0 Å². The van der Waals surface area contributed by atoms with E-state index in [0.29, 0.717) is 18.4 Å². The fourth-order valence-electron chi connectivity index (χ4n) is 1.80. The minimum absolute atomic E-state index is 0.272. The minimum atomic E-state index is 0.272. The van der Waals surface area contributed by atoms with Crippen LogP contribution in [0.5, 0.6) is 0 Å². The summed E-state index contributed by atoms with van der Waals surface area (Å²) >= 11 is 0. The van der Waals surface area contributed by atoms with Crippen LogP contribution in [0.4, 0.5) is 0 Å². The molecule has 0 saturated carbocycles. The molecule has 2 fully saturated rings. The molecule has 10 heavy (non-hydrogen) atoms. The highest BCUT2D eigenvalue weighted by atomic mass is 16.1. The smallest absolute Gasteiger partial charge is 0.152 e. The first-order valence-corrected chi connectivity index (χ1v) is 3.85. The van der Waals surface area contributed by atoms with Crippen molar-refractivity contribution in [2.75, 3.05) is 19.6 Å². The molecule has 0 spiro atoms. The normalized spacial score (nSPS) is 39.8. The first-order valence-electron chi connectivity index (χ1n) is 3.85. The number of Topliss-reactive ketones (excluding diaryl/α,β-unsaturated/α-hetero) is 1. The molecule has 2 aliphatic heterocycles. The van der Waals surface area contributed by atoms with Gasteiger partial charge in [0.1, 0.15) is 0 Å². The van der Waals surface area contributed by atoms with E-state index in [1.807, 2.05) is 0 Å². The molecule has 0 aromatic carbocycles. The number of fused-ring (bicyclic) bond motifs is 1. The van der Waals surface area contributed by atoms with Crippen LogP contribution in [0.3, 0.4) is 0 Å². The highest BCUT2D eigenvalue weighted by Crippen LogP contribution is 2.16. The summed E-state index contributed by atoms with van der Waals surface area (Å²) in [6.45, 7) is 2.54. The molecule has 2 atom stereocenters. The van der Waals surface area contributed by atoms with Crippen molar-refractivity contribution in [3.05, 3.63) is 0 Å². The Bertz CT molecular complexity index is 158. The maximum Gasteiger partial charge on any atom is 0.152 e. The zero-order valence-corrected chi connectivity index (χ0v) is 5.89. The SMILES string of the molecule is O=C1CNC2CCNCC12. The Hall–Kier alpha value is -0.410. The molecule has 56 valence electrons. The number of hydrogen-bond donors (Lipinski definition) is 2. The minimum Gasteiger partial charge on any atom is -0.316 e. The Labute approximate surface area is 60.2 Å². The predicted octanol–water partition coefficient (Wildman–Crippen LogP) is -0.863. The molecule has 2 saturated heterocycles. The Balaban J connectivity index is 2.08. The van der Waals surface area contributed by atoms with E-state index in [2.05, 4.69) is 10.6 Å². The number of ketones is 1. The van der Waals surface area contributed by atoms with E-state index < -0.39 is 0 Å². The van der Waals surface area contributed by atoms with Gasteiger partial charge < -0.3 is 10.6 Å². The van der Waals surface area contributed by atoms with Crippen molar-refractivity contribution in [3.63, 3.8) is 0 Å². The summed E-state index contributed by atoms with van der Waals surface area (Å²) < 4.78 is 0. The third-order valence-electron chi connectivity index (χ3n) is 2.43. The fraction of sp³-hybridized carbons (Fsp3) is 0.857. The Morgan fingerprint density at radius 1 is 1.50 bits per heavy atom. The highest BCUT2D eigenvalue weighted by molar-refractivity contribution is 5.86. The summed E-state index contributed by atoms with van der Waals surface area (Å²) in [5.74, 6) is 0.658. The molecule has 2 N–H and O–H groups in total. The largest absolute Gasteiger partial charge is 0.316 e. The van der Waals surface area contributed by atoms with Crippen LogP contribution in [0.1, 0.15) is 6.42 Å². The van der Waals surface area contributed by atoms with Gasteiger partial charge in [-0.05, 0) is 13.0 Å². The molecule has 0 aromatic heterocycles. The summed E-state index contributed by atoms with van der Waals surface area (Å²) in [6.07, 6.45) is 1.11. The first-order chi connectivity index (χ1) is 4.88. The molecule has 2 unspecified atom stereocenters. The molecule has 2 rings (SSSR count). The van der Waals surface area contributed by atoms with Gasteiger partial charge in [-0.15, -0.1) is 0 Å². The standard InChI is InChI=1S/C7H12N2O/c10-7-4-9-6-1-2-8-3-5(6)7/h5-6,8-9H,1-4H2. The molecule has 0 bridgehead atoms. The molecule has 3 nitrogen and oxygen atoms in total. The van der Waals surface area contributed by atoms with E-state index in [1.54, 1.807) is 0 Å². The van der Waals surface area contributed by atoms with Gasteiger partial charge >= 0.3 is 0 Å². The number of carbonyl (C=O) groups excluding carboxylic acids is 1. The average Bonchev–Trinajstić information content (AvgIpc) is 2.34. The van der Waals surface area contributed by atoms with E-state index in [4.69, 9.17) is 0 Å². The van der Waals surface area contributed by atoms with Crippen LogP contribution in [-0.2, 0) is 4.79 Å². The monoisotopic (exact) mass is 140 g/mol. The van der Waals surface area contributed by atoms with Crippen molar-refractivity contribution in [1.82, 2.24) is 10.6 Å². The molecule has 0 aliphatic carbocycles. The van der Waals surface area contributed by atoms with Crippen LogP contribution in [0.25, 0.3) is 0 Å². The zero-order valence-electron chi connectivity index (χ0n) is 5.89. The van der Waals surface area contributed by atoms with Gasteiger partial charge in [-0.1, -0.05) is 0 Å². The van der Waals surface area contributed by atoms with Crippen molar-refractivity contribution in [3.8, 4) is 0 Å². The number of carbonyl (C=O) groups is 1. The van der Waals surface area contributed by atoms with E-state index >= 15 is 0 Å². The summed E-state index contributed by atoms with van der Waals surface area (Å²) in [6, 6.07) is 0.480. The third-order valence-corrected chi connectivity index (χ3v) is 2.43. The number of piperidine rings is 1. The summed E-state index contributed by atoms with van der Waals surface area (Å²) in [5.41, 5.74) is 0. The quantitative estimate of drug-likeness (QED) is 0.460. The van der Waals surface area contributed by atoms with Crippen LogP contribution in [0, 0.1) is 5.92 Å². The molecular formula is C7H12N2O. The van der Waals surface area contributed by atoms with Gasteiger partial charge in [0, 0.05) is 18.5 Å². The Morgan fingerprint density at radius 2 is 2.40 bits per heavy atom. The van der Waals surface area contributed by atoms with E-state index in [0.717, 1.165) is 19.5 Å². The Kier molecular flexibility index (Phi) is 1.47. The van der Waals surface area contributed by atoms with Crippen LogP contribution in [-0.4, -0.2) is 31.5 Å². The zero-order chi connectivity index (χ0) is 6.97. The first kappa shape index (κ1) is 6.31. The van der Waals surface area contributed by atoms with Crippen LogP contribution < -0.4 is 10.6 Å². The van der Waals surface area contributed by atoms with Gasteiger partial charge in [0.25, 0.3) is 0 Å². The van der Waals surface area contributed by atoms with Crippen molar-refractivity contribution >= 4 is 5.78 Å². The van der Waals surface area contributed by atoms with Crippen molar-refractivity contribution in [2.24, 2.45) is 5.92 Å². The Morgan fingerprint density at radius 3 is 3.20 bits per heavy atom. The number of hydrogen-bond acceptors (Lipinski definition) is 3. The number of nitrogens with one attached hydrogen (secondary N) is 2. The lowest BCUT2D eigenvalue weighted by Crippen LogP contribution is -2.42. The second-order valence-corrected chi connectivity index (χ2v) is 3.05. The van der Waals surface area contributed by atoms with Gasteiger partial charge in [-0.25, -0.2) is 0 Å². The molecule has 2 heterocycles. The molecular weight excluding hydrogens is 128 g/mol. The second-order valence-electron chi connectivity index (χ2n) is 3.05. The van der Waals surface area contributed by atoms with Crippen LogP contribution in [0.15, 0.2) is 0 Å². The maximum absolute atomic E-state index is 11.1. The van der Waals surface area contributed by atoms with Crippen molar-refractivity contribution in [2.45, 2.75) is 12.5 Å². The van der Waals surface area contributed by atoms with Crippen LogP contribution >= 0.6 is 0 Å². The summed E-state index contributed by atoms with van der Waals surface area (Å²) in [4.78, 5) is 11.1. The van der Waals surface area contributed by atoms with Gasteiger partial charge in [0.05, 0.1) is 6.54 Å². The van der Waals surface area contributed by atoms with Crippen molar-refractivity contribution < 1.29 is 4.79 Å². The molecule has 2 aliphatic rings. The molecule has 0 amide bonds. The van der Waals surface area contributed by atoms with Gasteiger partial charge in [0.15, 0.2) is 5.78 Å². The number of rotatable bonds is 0. The molecule has 0 aromatic rings. The summed E-state index contributed by atoms with van der Waals surface area (Å²) in [5, 5.41) is 6.44. The lowest BCUT2D eigenvalue weighted by molar-refractivity contribution is -0.119. The van der Waals surface area contributed by atoms with E-state index in [1.165, 1.54) is 0 Å². The molecule has 3 heteroatoms. The van der Waals surface area contributed by atoms with Gasteiger partial charge in [-0.2, -0.15) is 0 Å². The predicted molar refractivity (Wildman–Crippen MR) is 37.8 cm³/mol. The topological polar surface area (TPSA) is 41.1 Å². The van der Waals surface area contributed by atoms with E-state index in [-0.39, 0.29) is 5.92 Å². The highest BCUT2D eigenvalue weighted by Gasteiger charge is 2.35.